The first-order valence-electron chi connectivity index (χ1n) is 10.6. The first-order valence-corrected chi connectivity index (χ1v) is 11.0. The van der Waals surface area contributed by atoms with Crippen molar-refractivity contribution >= 4 is 34.2 Å². The summed E-state index contributed by atoms with van der Waals surface area (Å²) in [7, 11) is 0. The highest BCUT2D eigenvalue weighted by Gasteiger charge is 2.40. The van der Waals surface area contributed by atoms with Gasteiger partial charge in [0.25, 0.3) is 11.7 Å². The summed E-state index contributed by atoms with van der Waals surface area (Å²) in [5.74, 6) is -2.98. The number of hydrogen-bond acceptors (Lipinski definition) is 5. The molecule has 0 aliphatic carbocycles. The molecule has 4 aromatic rings. The molecule has 0 aliphatic rings. The Bertz CT molecular complexity index is 1500. The van der Waals surface area contributed by atoms with E-state index in [2.05, 4.69) is 5.32 Å². The summed E-state index contributed by atoms with van der Waals surface area (Å²) < 4.78 is 56.9. The second-order valence-corrected chi connectivity index (χ2v) is 8.37. The third kappa shape index (κ3) is 5.63. The molecule has 1 N–H and O–H groups in total. The van der Waals surface area contributed by atoms with Crippen molar-refractivity contribution in [3.63, 3.8) is 0 Å². The number of anilines is 1. The zero-order chi connectivity index (χ0) is 26.0. The van der Waals surface area contributed by atoms with E-state index in [1.54, 1.807) is 37.3 Å². The fraction of sp³-hybridized carbons (Fsp3) is 0.154. The molecule has 186 valence electrons. The number of carbonyl (C=O) groups excluding carboxylic acids is 1. The van der Waals surface area contributed by atoms with Crippen LogP contribution in [0.15, 0.2) is 69.9 Å². The van der Waals surface area contributed by atoms with Crippen molar-refractivity contribution in [2.45, 2.75) is 20.0 Å². The minimum atomic E-state index is -5.00. The Labute approximate surface area is 208 Å². The Morgan fingerprint density at radius 1 is 1.00 bits per heavy atom. The number of rotatable bonds is 6. The number of aryl methyl sites for hydroxylation is 2. The number of alkyl halides is 3. The van der Waals surface area contributed by atoms with Gasteiger partial charge in [-0.05, 0) is 55.8 Å². The van der Waals surface area contributed by atoms with Gasteiger partial charge in [-0.1, -0.05) is 35.4 Å². The molecule has 1 aromatic heterocycles. The van der Waals surface area contributed by atoms with Gasteiger partial charge in [0.15, 0.2) is 6.61 Å². The third-order valence-corrected chi connectivity index (χ3v) is 5.55. The van der Waals surface area contributed by atoms with Gasteiger partial charge >= 0.3 is 6.18 Å². The van der Waals surface area contributed by atoms with Gasteiger partial charge in [0.05, 0.1) is 5.39 Å². The molecule has 0 aliphatic heterocycles. The number of carbonyl (C=O) groups is 1. The molecular weight excluding hydrogens is 499 g/mol. The van der Waals surface area contributed by atoms with Crippen LogP contribution < -0.4 is 20.2 Å². The van der Waals surface area contributed by atoms with Crippen LogP contribution in [0.5, 0.6) is 17.2 Å². The normalized spacial score (nSPS) is 11.4. The van der Waals surface area contributed by atoms with Crippen LogP contribution in [-0.4, -0.2) is 12.5 Å². The van der Waals surface area contributed by atoms with Gasteiger partial charge in [0.1, 0.15) is 17.1 Å². The summed E-state index contributed by atoms with van der Waals surface area (Å²) >= 11 is 6.04. The van der Waals surface area contributed by atoms with Crippen molar-refractivity contribution in [3.05, 3.63) is 92.8 Å². The first-order chi connectivity index (χ1) is 17.0. The quantitative estimate of drug-likeness (QED) is 0.301. The van der Waals surface area contributed by atoms with Crippen LogP contribution in [0, 0.1) is 13.8 Å². The topological polar surface area (TPSA) is 77.8 Å². The van der Waals surface area contributed by atoms with Crippen LogP contribution in [0.25, 0.3) is 11.0 Å². The molecule has 6 nitrogen and oxygen atoms in total. The van der Waals surface area contributed by atoms with E-state index in [9.17, 15) is 22.8 Å². The molecule has 0 radical (unpaired) electrons. The molecule has 4 rings (SSSR count). The van der Waals surface area contributed by atoms with E-state index in [0.717, 1.165) is 17.2 Å². The third-order valence-electron chi connectivity index (χ3n) is 5.15. The highest BCUT2D eigenvalue weighted by Crippen LogP contribution is 2.38. The smallest absolute Gasteiger partial charge is 0.453 e. The van der Waals surface area contributed by atoms with Crippen molar-refractivity contribution in [2.24, 2.45) is 0 Å². The monoisotopic (exact) mass is 517 g/mol. The second kappa shape index (κ2) is 9.94. The van der Waals surface area contributed by atoms with Crippen molar-refractivity contribution in [1.29, 1.82) is 0 Å². The van der Waals surface area contributed by atoms with Crippen LogP contribution in [0.2, 0.25) is 5.02 Å². The van der Waals surface area contributed by atoms with E-state index in [1.165, 1.54) is 24.3 Å². The van der Waals surface area contributed by atoms with E-state index in [1.807, 2.05) is 6.92 Å². The largest absolute Gasteiger partial charge is 0.484 e. The van der Waals surface area contributed by atoms with E-state index in [4.69, 9.17) is 25.5 Å². The Morgan fingerprint density at radius 2 is 1.69 bits per heavy atom. The number of halogens is 4. The fourth-order valence-corrected chi connectivity index (χ4v) is 3.45. The van der Waals surface area contributed by atoms with Gasteiger partial charge in [0, 0.05) is 16.8 Å². The zero-order valence-electron chi connectivity index (χ0n) is 19.0. The molecule has 36 heavy (non-hydrogen) atoms. The highest BCUT2D eigenvalue weighted by molar-refractivity contribution is 6.31. The summed E-state index contributed by atoms with van der Waals surface area (Å²) in [5, 5.41) is 2.94. The number of ether oxygens (including phenoxy) is 2. The van der Waals surface area contributed by atoms with E-state index in [-0.39, 0.29) is 22.5 Å². The summed E-state index contributed by atoms with van der Waals surface area (Å²) in [4.78, 5) is 25.1. The summed E-state index contributed by atoms with van der Waals surface area (Å²) in [6.45, 7) is 3.18. The van der Waals surface area contributed by atoms with Crippen molar-refractivity contribution < 1.29 is 31.9 Å². The SMILES string of the molecule is Cc1ccc(Oc2c(C(F)(F)F)oc3cc(OCC(=O)Nc4ccc(C)c(Cl)c4)ccc3c2=O)cc1. The molecule has 10 heteroatoms. The lowest BCUT2D eigenvalue weighted by atomic mass is 10.2. The standard InChI is InChI=1S/C26H19ClF3NO5/c1-14-3-7-17(8-4-14)35-24-23(33)19-10-9-18(12-21(19)36-25(24)26(28,29)30)34-13-22(32)31-16-6-5-15(2)20(27)11-16/h3-12H,13H2,1-2H3,(H,31,32). The van der Waals surface area contributed by atoms with Crippen LogP contribution in [0.3, 0.4) is 0 Å². The lowest BCUT2D eigenvalue weighted by molar-refractivity contribution is -0.154. The van der Waals surface area contributed by atoms with Crippen LogP contribution in [0.1, 0.15) is 16.9 Å². The molecule has 0 spiro atoms. The fourth-order valence-electron chi connectivity index (χ4n) is 3.27. The molecule has 0 fully saturated rings. The van der Waals surface area contributed by atoms with Gasteiger partial charge in [-0.25, -0.2) is 0 Å². The highest BCUT2D eigenvalue weighted by atomic mass is 35.5. The van der Waals surface area contributed by atoms with Crippen LogP contribution in [-0.2, 0) is 11.0 Å². The maximum atomic E-state index is 13.7. The number of nitrogens with one attached hydrogen (secondary N) is 1. The maximum Gasteiger partial charge on any atom is 0.453 e. The van der Waals surface area contributed by atoms with Crippen molar-refractivity contribution in [1.82, 2.24) is 0 Å². The molecule has 1 heterocycles. The average Bonchev–Trinajstić information content (AvgIpc) is 2.82. The maximum absolute atomic E-state index is 13.7. The number of hydrogen-bond donors (Lipinski definition) is 1. The molecule has 0 atom stereocenters. The predicted molar refractivity (Wildman–Crippen MR) is 129 cm³/mol. The average molecular weight is 518 g/mol. The summed E-state index contributed by atoms with van der Waals surface area (Å²) in [6, 6.07) is 14.9. The lowest BCUT2D eigenvalue weighted by Crippen LogP contribution is -2.20. The minimum Gasteiger partial charge on any atom is -0.484 e. The van der Waals surface area contributed by atoms with Gasteiger partial charge in [-0.15, -0.1) is 0 Å². The van der Waals surface area contributed by atoms with Crippen LogP contribution in [0.4, 0.5) is 18.9 Å². The Kier molecular flexibility index (Phi) is 6.94. The molecule has 0 saturated carbocycles. The van der Waals surface area contributed by atoms with Gasteiger partial charge in [-0.2, -0.15) is 13.2 Å². The van der Waals surface area contributed by atoms with Crippen molar-refractivity contribution in [2.75, 3.05) is 11.9 Å². The summed E-state index contributed by atoms with van der Waals surface area (Å²) in [6.07, 6.45) is -5.00. The Balaban J connectivity index is 1.58. The van der Waals surface area contributed by atoms with Crippen molar-refractivity contribution in [3.8, 4) is 17.2 Å². The number of amides is 1. The molecular formula is C26H19ClF3NO5. The Morgan fingerprint density at radius 3 is 2.36 bits per heavy atom. The first kappa shape index (κ1) is 25.1. The molecule has 0 unspecified atom stereocenters. The molecule has 0 bridgehead atoms. The minimum absolute atomic E-state index is 0.0306. The van der Waals surface area contributed by atoms with E-state index < -0.39 is 35.6 Å². The lowest BCUT2D eigenvalue weighted by Gasteiger charge is -2.14. The van der Waals surface area contributed by atoms with E-state index >= 15 is 0 Å². The van der Waals surface area contributed by atoms with Gasteiger partial charge in [0.2, 0.25) is 11.2 Å². The number of benzene rings is 3. The number of fused-ring (bicyclic) bond motifs is 1. The van der Waals surface area contributed by atoms with Gasteiger partial charge < -0.3 is 19.2 Å². The second-order valence-electron chi connectivity index (χ2n) is 7.96. The Hall–Kier alpha value is -3.98. The molecule has 1 amide bonds. The summed E-state index contributed by atoms with van der Waals surface area (Å²) in [5.41, 5.74) is 0.804. The van der Waals surface area contributed by atoms with Crippen LogP contribution >= 0.6 is 11.6 Å². The van der Waals surface area contributed by atoms with E-state index in [0.29, 0.717) is 10.7 Å². The van der Waals surface area contributed by atoms with Gasteiger partial charge in [-0.3, -0.25) is 9.59 Å². The molecule has 0 saturated heterocycles. The predicted octanol–water partition coefficient (Wildman–Crippen LogP) is 6.89. The zero-order valence-corrected chi connectivity index (χ0v) is 19.8. The molecule has 3 aromatic carbocycles.